The Labute approximate surface area is 203 Å². The van der Waals surface area contributed by atoms with Crippen molar-refractivity contribution < 1.29 is 19.2 Å². The molecule has 166 valence electrons. The number of carbonyl (C=O) groups is 1. The predicted octanol–water partition coefficient (Wildman–Crippen LogP) is 5.29. The van der Waals surface area contributed by atoms with Gasteiger partial charge in [0.25, 0.3) is 11.6 Å². The maximum absolute atomic E-state index is 12.2. The lowest BCUT2D eigenvalue weighted by Gasteiger charge is -2.14. The van der Waals surface area contributed by atoms with Crippen molar-refractivity contribution in [2.45, 2.75) is 0 Å². The number of amides is 1. The number of nitriles is 1. The fraction of sp³-hybridized carbons (Fsp3) is 0.0833. The van der Waals surface area contributed by atoms with Gasteiger partial charge in [0.15, 0.2) is 18.1 Å². The third-order valence-corrected chi connectivity index (χ3v) is 5.26. The van der Waals surface area contributed by atoms with Crippen LogP contribution in [-0.2, 0) is 4.79 Å². The zero-order valence-electron chi connectivity index (χ0n) is 17.4. The van der Waals surface area contributed by atoms with E-state index < -0.39 is 4.92 Å². The highest BCUT2D eigenvalue weighted by Crippen LogP contribution is 2.35. The zero-order chi connectivity index (χ0) is 23.8. The third-order valence-electron chi connectivity index (χ3n) is 4.46. The van der Waals surface area contributed by atoms with Crippen molar-refractivity contribution in [2.75, 3.05) is 19.0 Å². The molecule has 9 heteroatoms. The average Bonchev–Trinajstić information content (AvgIpc) is 2.82. The molecule has 33 heavy (non-hydrogen) atoms. The molecule has 0 aliphatic rings. The first-order chi connectivity index (χ1) is 15.9. The van der Waals surface area contributed by atoms with Crippen molar-refractivity contribution in [1.29, 1.82) is 5.26 Å². The number of anilines is 1. The fourth-order valence-electron chi connectivity index (χ4n) is 2.95. The Morgan fingerprint density at radius 2 is 1.94 bits per heavy atom. The first-order valence-electron chi connectivity index (χ1n) is 9.63. The van der Waals surface area contributed by atoms with E-state index in [0.717, 1.165) is 0 Å². The largest absolute Gasteiger partial charge is 0.493 e. The molecular formula is C24H18IN3O5. The summed E-state index contributed by atoms with van der Waals surface area (Å²) in [6.07, 6.45) is 1.61. The highest BCUT2D eigenvalue weighted by atomic mass is 127. The van der Waals surface area contributed by atoms with Gasteiger partial charge in [-0.05, 0) is 64.1 Å². The Morgan fingerprint density at radius 1 is 1.18 bits per heavy atom. The quantitative estimate of drug-likeness (QED) is 0.133. The number of allylic oxidation sites excluding steroid dienone is 1. The normalized spacial score (nSPS) is 10.8. The highest BCUT2D eigenvalue weighted by molar-refractivity contribution is 14.1. The highest BCUT2D eigenvalue weighted by Gasteiger charge is 2.15. The molecule has 3 rings (SSSR count). The molecule has 3 aromatic carbocycles. The second kappa shape index (κ2) is 11.1. The van der Waals surface area contributed by atoms with Crippen LogP contribution in [0.2, 0.25) is 0 Å². The van der Waals surface area contributed by atoms with Crippen molar-refractivity contribution in [3.8, 4) is 17.6 Å². The number of nitrogens with zero attached hydrogens (tertiary/aromatic N) is 2. The van der Waals surface area contributed by atoms with Gasteiger partial charge in [0, 0.05) is 17.8 Å². The number of hydrogen-bond donors (Lipinski definition) is 1. The van der Waals surface area contributed by atoms with Crippen LogP contribution in [-0.4, -0.2) is 24.5 Å². The molecule has 3 aromatic rings. The van der Waals surface area contributed by atoms with Crippen LogP contribution >= 0.6 is 22.6 Å². The monoisotopic (exact) mass is 555 g/mol. The van der Waals surface area contributed by atoms with E-state index in [2.05, 4.69) is 34.0 Å². The SMILES string of the molecule is COc1cc(/C=C(/C#N)c2cccc([N+](=O)[O-])c2)cc(I)c1OCC(=O)Nc1ccccc1. The first kappa shape index (κ1) is 23.7. The standard InChI is InChI=1S/C24H18IN3O5/c1-32-22-12-16(10-18(14-26)17-6-5-9-20(13-17)28(30)31)11-21(25)24(22)33-15-23(29)27-19-7-3-2-4-8-19/h2-13H,15H2,1H3,(H,27,29)/b18-10-. The number of methoxy groups -OCH3 is 1. The number of benzene rings is 3. The molecule has 0 radical (unpaired) electrons. The van der Waals surface area contributed by atoms with Gasteiger partial charge in [0.1, 0.15) is 0 Å². The first-order valence-corrected chi connectivity index (χ1v) is 10.7. The van der Waals surface area contributed by atoms with E-state index in [0.29, 0.717) is 31.9 Å². The number of rotatable bonds is 8. The number of carbonyl (C=O) groups excluding carboxylic acids is 1. The topological polar surface area (TPSA) is 114 Å². The molecule has 1 N–H and O–H groups in total. The van der Waals surface area contributed by atoms with E-state index in [4.69, 9.17) is 9.47 Å². The Morgan fingerprint density at radius 3 is 2.61 bits per heavy atom. The molecule has 0 aromatic heterocycles. The van der Waals surface area contributed by atoms with Crippen molar-refractivity contribution >= 4 is 51.5 Å². The molecule has 0 aliphatic heterocycles. The van der Waals surface area contributed by atoms with Gasteiger partial charge in [0.05, 0.1) is 27.2 Å². The molecule has 0 heterocycles. The van der Waals surface area contributed by atoms with E-state index in [1.54, 1.807) is 36.4 Å². The number of ether oxygens (including phenoxy) is 2. The van der Waals surface area contributed by atoms with Crippen LogP contribution in [0.3, 0.4) is 0 Å². The fourth-order valence-corrected chi connectivity index (χ4v) is 3.73. The van der Waals surface area contributed by atoms with E-state index in [1.165, 1.54) is 25.3 Å². The second-order valence-corrected chi connectivity index (χ2v) is 7.88. The molecule has 0 aliphatic carbocycles. The summed E-state index contributed by atoms with van der Waals surface area (Å²) in [5, 5.41) is 23.4. The Balaban J connectivity index is 1.82. The van der Waals surface area contributed by atoms with E-state index >= 15 is 0 Å². The molecule has 0 saturated carbocycles. The lowest BCUT2D eigenvalue weighted by molar-refractivity contribution is -0.384. The molecule has 0 atom stereocenters. The average molecular weight is 555 g/mol. The third kappa shape index (κ3) is 6.30. The molecule has 0 fully saturated rings. The molecule has 0 bridgehead atoms. The minimum Gasteiger partial charge on any atom is -0.493 e. The number of nitro benzene ring substituents is 1. The van der Waals surface area contributed by atoms with Gasteiger partial charge in [-0.3, -0.25) is 14.9 Å². The number of nitro groups is 1. The van der Waals surface area contributed by atoms with Gasteiger partial charge in [-0.15, -0.1) is 0 Å². The molecule has 0 saturated heterocycles. The summed E-state index contributed by atoms with van der Waals surface area (Å²) < 4.78 is 11.8. The number of halogens is 1. The maximum Gasteiger partial charge on any atom is 0.270 e. The Kier molecular flexibility index (Phi) is 7.99. The molecular weight excluding hydrogens is 537 g/mol. The van der Waals surface area contributed by atoms with E-state index in [-0.39, 0.29) is 23.8 Å². The van der Waals surface area contributed by atoms with Crippen LogP contribution in [0.5, 0.6) is 11.5 Å². The van der Waals surface area contributed by atoms with E-state index in [9.17, 15) is 20.2 Å². The van der Waals surface area contributed by atoms with Gasteiger partial charge < -0.3 is 14.8 Å². The summed E-state index contributed by atoms with van der Waals surface area (Å²) in [7, 11) is 1.47. The number of para-hydroxylation sites is 1. The van der Waals surface area contributed by atoms with Gasteiger partial charge in [-0.2, -0.15) is 5.26 Å². The van der Waals surface area contributed by atoms with Crippen LogP contribution in [0.15, 0.2) is 66.7 Å². The second-order valence-electron chi connectivity index (χ2n) is 6.71. The lowest BCUT2D eigenvalue weighted by Crippen LogP contribution is -2.20. The summed E-state index contributed by atoms with van der Waals surface area (Å²) >= 11 is 2.05. The van der Waals surface area contributed by atoms with Crippen molar-refractivity contribution in [2.24, 2.45) is 0 Å². The van der Waals surface area contributed by atoms with Crippen LogP contribution in [0.1, 0.15) is 11.1 Å². The number of non-ortho nitro benzene ring substituents is 1. The van der Waals surface area contributed by atoms with Gasteiger partial charge >= 0.3 is 0 Å². The summed E-state index contributed by atoms with van der Waals surface area (Å²) in [5.74, 6) is 0.463. The molecule has 8 nitrogen and oxygen atoms in total. The van der Waals surface area contributed by atoms with Crippen LogP contribution in [0.25, 0.3) is 11.6 Å². The minimum absolute atomic E-state index is 0.0988. The van der Waals surface area contributed by atoms with Gasteiger partial charge in [0.2, 0.25) is 0 Å². The summed E-state index contributed by atoms with van der Waals surface area (Å²) in [6, 6.07) is 20.4. The predicted molar refractivity (Wildman–Crippen MR) is 133 cm³/mol. The van der Waals surface area contributed by atoms with E-state index in [1.807, 2.05) is 18.2 Å². The summed E-state index contributed by atoms with van der Waals surface area (Å²) in [6.45, 7) is -0.215. The van der Waals surface area contributed by atoms with Crippen LogP contribution < -0.4 is 14.8 Å². The maximum atomic E-state index is 12.2. The smallest absolute Gasteiger partial charge is 0.270 e. The summed E-state index contributed by atoms with van der Waals surface area (Å²) in [4.78, 5) is 22.7. The summed E-state index contributed by atoms with van der Waals surface area (Å²) in [5.41, 5.74) is 1.89. The molecule has 0 unspecified atom stereocenters. The van der Waals surface area contributed by atoms with Crippen LogP contribution in [0.4, 0.5) is 11.4 Å². The number of nitrogens with one attached hydrogen (secondary N) is 1. The lowest BCUT2D eigenvalue weighted by atomic mass is 10.0. The number of hydrogen-bond acceptors (Lipinski definition) is 6. The van der Waals surface area contributed by atoms with Crippen LogP contribution in [0, 0.1) is 25.0 Å². The Bertz CT molecular complexity index is 1250. The van der Waals surface area contributed by atoms with Gasteiger partial charge in [-0.25, -0.2) is 0 Å². The molecule has 1 amide bonds. The van der Waals surface area contributed by atoms with Gasteiger partial charge in [-0.1, -0.05) is 30.3 Å². The van der Waals surface area contributed by atoms with Crippen molar-refractivity contribution in [3.05, 3.63) is 91.5 Å². The van der Waals surface area contributed by atoms with Crippen molar-refractivity contribution in [3.63, 3.8) is 0 Å². The minimum atomic E-state index is -0.509. The zero-order valence-corrected chi connectivity index (χ0v) is 19.6. The Hall–Kier alpha value is -3.91. The molecule has 0 spiro atoms. The van der Waals surface area contributed by atoms with Crippen molar-refractivity contribution in [1.82, 2.24) is 0 Å².